The molecule has 1 aromatic heterocycles. The lowest BCUT2D eigenvalue weighted by atomic mass is 10.00. The van der Waals surface area contributed by atoms with Crippen molar-refractivity contribution in [1.82, 2.24) is 15.0 Å². The number of aromatic nitrogens is 3. The quantitative estimate of drug-likeness (QED) is 0.232. The zero-order valence-electron chi connectivity index (χ0n) is 20.9. The summed E-state index contributed by atoms with van der Waals surface area (Å²) >= 11 is 6.52. The lowest BCUT2D eigenvalue weighted by Gasteiger charge is -2.11. The van der Waals surface area contributed by atoms with Crippen LogP contribution < -0.4 is 0 Å². The Bertz CT molecular complexity index is 1970. The fourth-order valence-corrected chi connectivity index (χ4v) is 5.22. The van der Waals surface area contributed by atoms with Crippen molar-refractivity contribution in [3.63, 3.8) is 0 Å². The Balaban J connectivity index is 1.39. The number of hydrogen-bond acceptors (Lipinski definition) is 3. The Kier molecular flexibility index (Phi) is 5.84. The van der Waals surface area contributed by atoms with E-state index in [-0.39, 0.29) is 0 Å². The summed E-state index contributed by atoms with van der Waals surface area (Å²) in [5, 5.41) is 4.98. The minimum atomic E-state index is 0.617. The molecule has 0 saturated heterocycles. The summed E-state index contributed by atoms with van der Waals surface area (Å²) in [6.07, 6.45) is 0. The van der Waals surface area contributed by atoms with Gasteiger partial charge in [-0.3, -0.25) is 0 Å². The van der Waals surface area contributed by atoms with Crippen LogP contribution in [0.15, 0.2) is 133 Å². The van der Waals surface area contributed by atoms with Gasteiger partial charge in [0, 0.05) is 27.1 Å². The summed E-state index contributed by atoms with van der Waals surface area (Å²) in [5.41, 5.74) is 5.19. The van der Waals surface area contributed by atoms with E-state index in [1.54, 1.807) is 0 Å². The van der Waals surface area contributed by atoms with Crippen LogP contribution in [0.3, 0.4) is 0 Å². The Labute approximate surface area is 231 Å². The van der Waals surface area contributed by atoms with Crippen LogP contribution in [0.5, 0.6) is 0 Å². The topological polar surface area (TPSA) is 38.7 Å². The first kappa shape index (κ1) is 23.3. The molecule has 4 heteroatoms. The zero-order chi connectivity index (χ0) is 26.2. The fraction of sp³-hybridized carbons (Fsp3) is 0. The monoisotopic (exact) mass is 519 g/mol. The Morgan fingerprint density at radius 2 is 0.923 bits per heavy atom. The van der Waals surface area contributed by atoms with Gasteiger partial charge in [0.05, 0.1) is 0 Å². The number of fused-ring (bicyclic) bond motifs is 2. The Hall–Kier alpha value is -4.86. The number of benzene rings is 6. The molecule has 0 N–H and O–H groups in total. The van der Waals surface area contributed by atoms with Crippen molar-refractivity contribution in [1.29, 1.82) is 0 Å². The smallest absolute Gasteiger partial charge is 0.164 e. The number of rotatable bonds is 4. The second kappa shape index (κ2) is 9.79. The predicted octanol–water partition coefficient (Wildman–Crippen LogP) is 9.50. The normalized spacial score (nSPS) is 11.2. The van der Waals surface area contributed by atoms with E-state index in [1.165, 1.54) is 16.5 Å². The number of nitrogens with zero attached hydrogens (tertiary/aromatic N) is 3. The summed E-state index contributed by atoms with van der Waals surface area (Å²) in [5.74, 6) is 1.88. The minimum absolute atomic E-state index is 0.617. The molecule has 3 nitrogen and oxygen atoms in total. The van der Waals surface area contributed by atoms with Crippen molar-refractivity contribution in [2.45, 2.75) is 0 Å². The molecule has 6 aromatic carbocycles. The Morgan fingerprint density at radius 3 is 1.64 bits per heavy atom. The van der Waals surface area contributed by atoms with Crippen LogP contribution in [-0.2, 0) is 0 Å². The van der Waals surface area contributed by atoms with Gasteiger partial charge in [-0.2, -0.15) is 0 Å². The van der Waals surface area contributed by atoms with Crippen molar-refractivity contribution < 1.29 is 0 Å². The highest BCUT2D eigenvalue weighted by Crippen LogP contribution is 2.34. The molecule has 7 rings (SSSR count). The van der Waals surface area contributed by atoms with E-state index < -0.39 is 0 Å². The minimum Gasteiger partial charge on any atom is -0.208 e. The molecule has 0 amide bonds. The third kappa shape index (κ3) is 4.43. The second-order valence-electron chi connectivity index (χ2n) is 9.46. The lowest BCUT2D eigenvalue weighted by Crippen LogP contribution is -2.00. The van der Waals surface area contributed by atoms with Crippen LogP contribution in [0.2, 0.25) is 5.02 Å². The molecule has 1 heterocycles. The maximum Gasteiger partial charge on any atom is 0.164 e. The molecule has 0 aliphatic heterocycles. The standard InChI is InChI=1S/C35H22ClN3/c36-32-20-19-31(29-13-7-8-14-30(29)32)35-38-33(24-11-5-2-6-12-24)37-34(39-35)28-18-17-26-21-25(15-16-27(26)22-28)23-9-3-1-4-10-23/h1-22H. The first-order chi connectivity index (χ1) is 19.2. The molecule has 0 fully saturated rings. The van der Waals surface area contributed by atoms with Gasteiger partial charge in [0.1, 0.15) is 0 Å². The molecule has 39 heavy (non-hydrogen) atoms. The van der Waals surface area contributed by atoms with Gasteiger partial charge in [-0.25, -0.2) is 15.0 Å². The van der Waals surface area contributed by atoms with Crippen LogP contribution in [0.4, 0.5) is 0 Å². The van der Waals surface area contributed by atoms with Crippen molar-refractivity contribution in [2.24, 2.45) is 0 Å². The van der Waals surface area contributed by atoms with Crippen molar-refractivity contribution >= 4 is 33.1 Å². The molecule has 7 aromatic rings. The summed E-state index contributed by atoms with van der Waals surface area (Å²) in [7, 11) is 0. The third-order valence-corrected chi connectivity index (χ3v) is 7.31. The van der Waals surface area contributed by atoms with Gasteiger partial charge in [-0.05, 0) is 51.6 Å². The third-order valence-electron chi connectivity index (χ3n) is 6.98. The first-order valence-corrected chi connectivity index (χ1v) is 13.2. The fourth-order valence-electron chi connectivity index (χ4n) is 4.99. The molecule has 0 atom stereocenters. The van der Waals surface area contributed by atoms with E-state index in [2.05, 4.69) is 66.7 Å². The number of hydrogen-bond donors (Lipinski definition) is 0. The van der Waals surface area contributed by atoms with Gasteiger partial charge in [0.25, 0.3) is 0 Å². The van der Waals surface area contributed by atoms with E-state index in [0.717, 1.165) is 32.8 Å². The average Bonchev–Trinajstić information content (AvgIpc) is 3.01. The SMILES string of the molecule is Clc1ccc(-c2nc(-c3ccccc3)nc(-c3ccc4cc(-c5ccccc5)ccc4c3)n2)c2ccccc12. The molecule has 0 saturated carbocycles. The highest BCUT2D eigenvalue weighted by Gasteiger charge is 2.15. The molecular weight excluding hydrogens is 498 g/mol. The van der Waals surface area contributed by atoms with Gasteiger partial charge in [-0.15, -0.1) is 0 Å². The molecule has 0 spiro atoms. The van der Waals surface area contributed by atoms with Crippen molar-refractivity contribution in [2.75, 3.05) is 0 Å². The van der Waals surface area contributed by atoms with E-state index in [4.69, 9.17) is 26.6 Å². The summed E-state index contributed by atoms with van der Waals surface area (Å²) in [4.78, 5) is 14.8. The largest absolute Gasteiger partial charge is 0.208 e. The highest BCUT2D eigenvalue weighted by atomic mass is 35.5. The van der Waals surface area contributed by atoms with Gasteiger partial charge in [-0.1, -0.05) is 121 Å². The van der Waals surface area contributed by atoms with Crippen molar-refractivity contribution in [3.05, 3.63) is 138 Å². The predicted molar refractivity (Wildman–Crippen MR) is 162 cm³/mol. The molecule has 0 aliphatic rings. The van der Waals surface area contributed by atoms with Gasteiger partial charge in [0.2, 0.25) is 0 Å². The highest BCUT2D eigenvalue weighted by molar-refractivity contribution is 6.36. The van der Waals surface area contributed by atoms with Crippen LogP contribution in [0.25, 0.3) is 66.8 Å². The van der Waals surface area contributed by atoms with Crippen molar-refractivity contribution in [3.8, 4) is 45.3 Å². The van der Waals surface area contributed by atoms with E-state index in [1.807, 2.05) is 66.7 Å². The maximum atomic E-state index is 6.52. The molecular formula is C35H22ClN3. The molecule has 0 bridgehead atoms. The maximum absolute atomic E-state index is 6.52. The number of halogens is 1. The van der Waals surface area contributed by atoms with Crippen LogP contribution >= 0.6 is 11.6 Å². The molecule has 0 unspecified atom stereocenters. The lowest BCUT2D eigenvalue weighted by molar-refractivity contribution is 1.08. The van der Waals surface area contributed by atoms with Gasteiger partial charge >= 0.3 is 0 Å². The Morgan fingerprint density at radius 1 is 0.385 bits per heavy atom. The van der Waals surface area contributed by atoms with Crippen LogP contribution in [0, 0.1) is 0 Å². The average molecular weight is 520 g/mol. The van der Waals surface area contributed by atoms with Gasteiger partial charge in [0.15, 0.2) is 17.5 Å². The summed E-state index contributed by atoms with van der Waals surface area (Å²) < 4.78 is 0. The first-order valence-electron chi connectivity index (χ1n) is 12.8. The van der Waals surface area contributed by atoms with E-state index >= 15 is 0 Å². The van der Waals surface area contributed by atoms with Gasteiger partial charge < -0.3 is 0 Å². The second-order valence-corrected chi connectivity index (χ2v) is 9.86. The van der Waals surface area contributed by atoms with Crippen LogP contribution in [0.1, 0.15) is 0 Å². The van der Waals surface area contributed by atoms with E-state index in [0.29, 0.717) is 22.5 Å². The summed E-state index contributed by atoms with van der Waals surface area (Å²) in [6, 6.07) is 45.4. The molecule has 0 radical (unpaired) electrons. The van der Waals surface area contributed by atoms with Crippen LogP contribution in [-0.4, -0.2) is 15.0 Å². The molecule has 0 aliphatic carbocycles. The summed E-state index contributed by atoms with van der Waals surface area (Å²) in [6.45, 7) is 0. The zero-order valence-corrected chi connectivity index (χ0v) is 21.7. The van der Waals surface area contributed by atoms with E-state index in [9.17, 15) is 0 Å². The molecule has 184 valence electrons.